The van der Waals surface area contributed by atoms with E-state index in [1.54, 1.807) is 6.26 Å². The van der Waals surface area contributed by atoms with Crippen LogP contribution in [0.2, 0.25) is 0 Å². The van der Waals surface area contributed by atoms with Crippen LogP contribution in [0.3, 0.4) is 0 Å². The summed E-state index contributed by atoms with van der Waals surface area (Å²) in [6, 6.07) is 2.37. The molecule has 1 fully saturated rings. The average Bonchev–Trinajstić information content (AvgIpc) is 2.58. The standard InChI is InChI=1S/C9H14N2O/c10-8-3-1-7(2-4-8)9-5-6-12-11-9/h5-8H,1-4,10H2. The predicted octanol–water partition coefficient (Wildman–Crippen LogP) is 1.66. The van der Waals surface area contributed by atoms with Crippen molar-refractivity contribution in [2.75, 3.05) is 0 Å². The largest absolute Gasteiger partial charge is 0.365 e. The van der Waals surface area contributed by atoms with Crippen molar-refractivity contribution in [1.29, 1.82) is 0 Å². The summed E-state index contributed by atoms with van der Waals surface area (Å²) in [6.45, 7) is 0. The molecule has 0 atom stereocenters. The normalized spacial score (nSPS) is 30.4. The maximum atomic E-state index is 5.81. The smallest absolute Gasteiger partial charge is 0.124 e. The van der Waals surface area contributed by atoms with E-state index in [1.807, 2.05) is 6.07 Å². The lowest BCUT2D eigenvalue weighted by Gasteiger charge is -2.23. The first-order valence-corrected chi connectivity index (χ1v) is 4.52. The lowest BCUT2D eigenvalue weighted by atomic mass is 9.85. The van der Waals surface area contributed by atoms with Gasteiger partial charge in [-0.3, -0.25) is 0 Å². The second-order valence-electron chi connectivity index (χ2n) is 3.54. The fraction of sp³-hybridized carbons (Fsp3) is 0.667. The summed E-state index contributed by atoms with van der Waals surface area (Å²) in [5.74, 6) is 0.587. The molecule has 1 aliphatic rings. The van der Waals surface area contributed by atoms with E-state index in [1.165, 1.54) is 0 Å². The van der Waals surface area contributed by atoms with Gasteiger partial charge in [0.25, 0.3) is 0 Å². The van der Waals surface area contributed by atoms with Gasteiger partial charge in [0.15, 0.2) is 0 Å². The Bertz CT molecular complexity index is 225. The molecule has 2 N–H and O–H groups in total. The van der Waals surface area contributed by atoms with Crippen molar-refractivity contribution in [3.63, 3.8) is 0 Å². The molecule has 66 valence electrons. The van der Waals surface area contributed by atoms with Crippen molar-refractivity contribution in [2.24, 2.45) is 5.73 Å². The Balaban J connectivity index is 1.99. The molecule has 1 saturated carbocycles. The van der Waals surface area contributed by atoms with Crippen LogP contribution < -0.4 is 5.73 Å². The third kappa shape index (κ3) is 1.50. The molecule has 0 unspecified atom stereocenters. The number of aromatic nitrogens is 1. The number of rotatable bonds is 1. The Morgan fingerprint density at radius 2 is 2.08 bits per heavy atom. The molecule has 0 aliphatic heterocycles. The molecule has 0 radical (unpaired) electrons. The second kappa shape index (κ2) is 3.27. The van der Waals surface area contributed by atoms with Crippen molar-refractivity contribution < 1.29 is 4.52 Å². The van der Waals surface area contributed by atoms with Gasteiger partial charge in [0.2, 0.25) is 0 Å². The monoisotopic (exact) mass is 166 g/mol. The highest BCUT2D eigenvalue weighted by atomic mass is 16.5. The number of nitrogens with zero attached hydrogens (tertiary/aromatic N) is 1. The van der Waals surface area contributed by atoms with Crippen LogP contribution in [-0.2, 0) is 0 Å². The van der Waals surface area contributed by atoms with Crippen LogP contribution in [0.4, 0.5) is 0 Å². The summed E-state index contributed by atoms with van der Waals surface area (Å²) in [5.41, 5.74) is 6.91. The summed E-state index contributed by atoms with van der Waals surface area (Å²) >= 11 is 0. The minimum atomic E-state index is 0.410. The van der Waals surface area contributed by atoms with Gasteiger partial charge in [0.05, 0.1) is 5.69 Å². The van der Waals surface area contributed by atoms with E-state index in [9.17, 15) is 0 Å². The zero-order valence-corrected chi connectivity index (χ0v) is 7.07. The number of hydrogen-bond donors (Lipinski definition) is 1. The van der Waals surface area contributed by atoms with Crippen molar-refractivity contribution >= 4 is 0 Å². The van der Waals surface area contributed by atoms with E-state index < -0.39 is 0 Å². The van der Waals surface area contributed by atoms with Gasteiger partial charge in [-0.2, -0.15) is 0 Å². The minimum absolute atomic E-state index is 0.410. The molecule has 1 aliphatic carbocycles. The Labute approximate surface area is 71.9 Å². The predicted molar refractivity (Wildman–Crippen MR) is 45.7 cm³/mol. The highest BCUT2D eigenvalue weighted by molar-refractivity contribution is 5.05. The first-order valence-electron chi connectivity index (χ1n) is 4.52. The maximum Gasteiger partial charge on any atom is 0.124 e. The molecule has 1 aromatic rings. The fourth-order valence-electron chi connectivity index (χ4n) is 1.85. The summed E-state index contributed by atoms with van der Waals surface area (Å²) in [6.07, 6.45) is 6.21. The van der Waals surface area contributed by atoms with Crippen molar-refractivity contribution in [3.8, 4) is 0 Å². The molecule has 3 heteroatoms. The van der Waals surface area contributed by atoms with Crippen LogP contribution in [0, 0.1) is 0 Å². The summed E-state index contributed by atoms with van der Waals surface area (Å²) in [4.78, 5) is 0. The number of hydrogen-bond acceptors (Lipinski definition) is 3. The van der Waals surface area contributed by atoms with Crippen LogP contribution in [0.15, 0.2) is 16.9 Å². The highest BCUT2D eigenvalue weighted by Gasteiger charge is 2.21. The van der Waals surface area contributed by atoms with Crippen molar-refractivity contribution in [1.82, 2.24) is 5.16 Å². The molecular weight excluding hydrogens is 152 g/mol. The first kappa shape index (κ1) is 7.80. The van der Waals surface area contributed by atoms with E-state index in [4.69, 9.17) is 10.3 Å². The maximum absolute atomic E-state index is 5.81. The molecule has 0 amide bonds. The zero-order chi connectivity index (χ0) is 8.39. The van der Waals surface area contributed by atoms with Crippen LogP contribution in [0.1, 0.15) is 37.3 Å². The third-order valence-corrected chi connectivity index (χ3v) is 2.65. The van der Waals surface area contributed by atoms with E-state index in [2.05, 4.69) is 5.16 Å². The van der Waals surface area contributed by atoms with E-state index >= 15 is 0 Å². The van der Waals surface area contributed by atoms with Crippen molar-refractivity contribution in [3.05, 3.63) is 18.0 Å². The van der Waals surface area contributed by atoms with Gasteiger partial charge >= 0.3 is 0 Å². The van der Waals surface area contributed by atoms with Crippen LogP contribution in [0.5, 0.6) is 0 Å². The van der Waals surface area contributed by atoms with E-state index in [0.29, 0.717) is 12.0 Å². The molecule has 3 nitrogen and oxygen atoms in total. The van der Waals surface area contributed by atoms with Gasteiger partial charge in [0, 0.05) is 18.0 Å². The molecule has 0 aromatic carbocycles. The topological polar surface area (TPSA) is 52.0 Å². The van der Waals surface area contributed by atoms with Gasteiger partial charge < -0.3 is 10.3 Å². The van der Waals surface area contributed by atoms with Crippen molar-refractivity contribution in [2.45, 2.75) is 37.6 Å². The summed E-state index contributed by atoms with van der Waals surface area (Å²) in [5, 5.41) is 3.95. The Morgan fingerprint density at radius 1 is 1.33 bits per heavy atom. The SMILES string of the molecule is NC1CCC(c2ccon2)CC1. The Hall–Kier alpha value is -0.830. The van der Waals surface area contributed by atoms with Crippen LogP contribution >= 0.6 is 0 Å². The van der Waals surface area contributed by atoms with Gasteiger partial charge in [-0.15, -0.1) is 0 Å². The van der Waals surface area contributed by atoms with Crippen LogP contribution in [-0.4, -0.2) is 11.2 Å². The molecular formula is C9H14N2O. The summed E-state index contributed by atoms with van der Waals surface area (Å²) in [7, 11) is 0. The van der Waals surface area contributed by atoms with Crippen LogP contribution in [0.25, 0.3) is 0 Å². The average molecular weight is 166 g/mol. The molecule has 0 spiro atoms. The first-order chi connectivity index (χ1) is 5.86. The van der Waals surface area contributed by atoms with Gasteiger partial charge in [-0.05, 0) is 25.7 Å². The van der Waals surface area contributed by atoms with Gasteiger partial charge in [-0.25, -0.2) is 0 Å². The zero-order valence-electron chi connectivity index (χ0n) is 7.07. The minimum Gasteiger partial charge on any atom is -0.365 e. The Morgan fingerprint density at radius 3 is 2.67 bits per heavy atom. The van der Waals surface area contributed by atoms with Gasteiger partial charge in [0.1, 0.15) is 6.26 Å². The van der Waals surface area contributed by atoms with E-state index in [-0.39, 0.29) is 0 Å². The van der Waals surface area contributed by atoms with Gasteiger partial charge in [-0.1, -0.05) is 5.16 Å². The Kier molecular flexibility index (Phi) is 2.13. The lowest BCUT2D eigenvalue weighted by Crippen LogP contribution is -2.25. The molecule has 0 saturated heterocycles. The lowest BCUT2D eigenvalue weighted by molar-refractivity contribution is 0.361. The summed E-state index contributed by atoms with van der Waals surface area (Å²) < 4.78 is 4.81. The fourth-order valence-corrected chi connectivity index (χ4v) is 1.85. The number of nitrogens with two attached hydrogens (primary N) is 1. The molecule has 1 aromatic heterocycles. The quantitative estimate of drug-likeness (QED) is 0.690. The second-order valence-corrected chi connectivity index (χ2v) is 3.54. The molecule has 12 heavy (non-hydrogen) atoms. The molecule has 2 rings (SSSR count). The molecule has 0 bridgehead atoms. The molecule has 1 heterocycles. The third-order valence-electron chi connectivity index (χ3n) is 2.65. The van der Waals surface area contributed by atoms with E-state index in [0.717, 1.165) is 31.4 Å². The highest BCUT2D eigenvalue weighted by Crippen LogP contribution is 2.30.